The largest absolute Gasteiger partial charge is 0.225 e. The molecule has 0 saturated heterocycles. The molecule has 0 aliphatic carbocycles. The monoisotopic (exact) mass is 274 g/mol. The predicted octanol–water partition coefficient (Wildman–Crippen LogP) is 4.60. The summed E-state index contributed by atoms with van der Waals surface area (Å²) >= 11 is 11.9. The highest BCUT2D eigenvalue weighted by Crippen LogP contribution is 2.28. The summed E-state index contributed by atoms with van der Waals surface area (Å²) in [6.07, 6.45) is 1.52. The number of halogens is 2. The molecular formula is C14H8Cl2N2. The normalized spacial score (nSPS) is 10.8. The summed E-state index contributed by atoms with van der Waals surface area (Å²) in [5, 5.41) is 3.01. The zero-order valence-corrected chi connectivity index (χ0v) is 10.8. The molecule has 0 aliphatic heterocycles. The summed E-state index contributed by atoms with van der Waals surface area (Å²) in [6.45, 7) is 0. The number of benzene rings is 2. The van der Waals surface area contributed by atoms with Crippen LogP contribution < -0.4 is 0 Å². The average Bonchev–Trinajstić information content (AvgIpc) is 2.41. The standard InChI is InChI=1S/C14H8Cl2N2/c15-12-8-17-14(16)18-13(12)11-6-5-9-3-1-2-4-10(9)7-11/h1-8H. The highest BCUT2D eigenvalue weighted by atomic mass is 35.5. The van der Waals surface area contributed by atoms with E-state index in [1.54, 1.807) is 0 Å². The van der Waals surface area contributed by atoms with Gasteiger partial charge in [-0.05, 0) is 28.4 Å². The van der Waals surface area contributed by atoms with E-state index in [2.05, 4.69) is 22.1 Å². The van der Waals surface area contributed by atoms with Crippen LogP contribution in [0.15, 0.2) is 48.7 Å². The molecule has 0 atom stereocenters. The first kappa shape index (κ1) is 11.5. The molecule has 2 nitrogen and oxygen atoms in total. The summed E-state index contributed by atoms with van der Waals surface area (Å²) in [7, 11) is 0. The quantitative estimate of drug-likeness (QED) is 0.606. The van der Waals surface area contributed by atoms with E-state index >= 15 is 0 Å². The number of aromatic nitrogens is 2. The van der Waals surface area contributed by atoms with E-state index in [4.69, 9.17) is 23.2 Å². The molecule has 0 spiro atoms. The van der Waals surface area contributed by atoms with E-state index in [0.29, 0.717) is 10.7 Å². The summed E-state index contributed by atoms with van der Waals surface area (Å²) in [6, 6.07) is 14.2. The van der Waals surface area contributed by atoms with Gasteiger partial charge in [0.25, 0.3) is 0 Å². The van der Waals surface area contributed by atoms with E-state index in [9.17, 15) is 0 Å². The second-order valence-electron chi connectivity index (χ2n) is 3.90. The maximum Gasteiger partial charge on any atom is 0.222 e. The van der Waals surface area contributed by atoms with Gasteiger partial charge in [-0.3, -0.25) is 0 Å². The Morgan fingerprint density at radius 1 is 0.889 bits per heavy atom. The molecule has 3 rings (SSSR count). The van der Waals surface area contributed by atoms with Gasteiger partial charge in [-0.25, -0.2) is 9.97 Å². The molecule has 2 aromatic carbocycles. The summed E-state index contributed by atoms with van der Waals surface area (Å²) in [4.78, 5) is 8.02. The van der Waals surface area contributed by atoms with Gasteiger partial charge in [0.1, 0.15) is 0 Å². The van der Waals surface area contributed by atoms with Gasteiger partial charge < -0.3 is 0 Å². The lowest BCUT2D eigenvalue weighted by atomic mass is 10.1. The van der Waals surface area contributed by atoms with Crippen LogP contribution in [0.25, 0.3) is 22.0 Å². The highest BCUT2D eigenvalue weighted by molar-refractivity contribution is 6.33. The van der Waals surface area contributed by atoms with Crippen LogP contribution in [-0.2, 0) is 0 Å². The highest BCUT2D eigenvalue weighted by Gasteiger charge is 2.07. The summed E-state index contributed by atoms with van der Waals surface area (Å²) in [5.41, 5.74) is 1.59. The second kappa shape index (κ2) is 4.56. The van der Waals surface area contributed by atoms with Crippen LogP contribution in [0.2, 0.25) is 10.3 Å². The maximum absolute atomic E-state index is 6.10. The van der Waals surface area contributed by atoms with Gasteiger partial charge in [0, 0.05) is 5.56 Å². The molecule has 1 heterocycles. The molecule has 0 N–H and O–H groups in total. The van der Waals surface area contributed by atoms with Crippen molar-refractivity contribution in [2.45, 2.75) is 0 Å². The van der Waals surface area contributed by atoms with Crippen molar-refractivity contribution in [3.8, 4) is 11.3 Å². The Morgan fingerprint density at radius 3 is 2.50 bits per heavy atom. The average molecular weight is 275 g/mol. The van der Waals surface area contributed by atoms with Gasteiger partial charge in [-0.1, -0.05) is 48.0 Å². The zero-order valence-electron chi connectivity index (χ0n) is 9.27. The molecular weight excluding hydrogens is 267 g/mol. The lowest BCUT2D eigenvalue weighted by Crippen LogP contribution is -1.89. The van der Waals surface area contributed by atoms with Crippen molar-refractivity contribution in [1.82, 2.24) is 9.97 Å². The van der Waals surface area contributed by atoms with Crippen LogP contribution in [0.3, 0.4) is 0 Å². The molecule has 4 heteroatoms. The van der Waals surface area contributed by atoms with Gasteiger partial charge in [-0.2, -0.15) is 0 Å². The molecule has 0 fully saturated rings. The number of rotatable bonds is 1. The fraction of sp³-hybridized carbons (Fsp3) is 0. The minimum Gasteiger partial charge on any atom is -0.225 e. The summed E-state index contributed by atoms with van der Waals surface area (Å²) in [5.74, 6) is 0. The first-order valence-corrected chi connectivity index (χ1v) is 6.17. The van der Waals surface area contributed by atoms with Crippen molar-refractivity contribution < 1.29 is 0 Å². The van der Waals surface area contributed by atoms with Crippen molar-refractivity contribution in [2.75, 3.05) is 0 Å². The van der Waals surface area contributed by atoms with Crippen LogP contribution in [0, 0.1) is 0 Å². The smallest absolute Gasteiger partial charge is 0.222 e. The predicted molar refractivity (Wildman–Crippen MR) is 75.0 cm³/mol. The number of hydrogen-bond acceptors (Lipinski definition) is 2. The number of fused-ring (bicyclic) bond motifs is 1. The van der Waals surface area contributed by atoms with Crippen molar-refractivity contribution in [3.63, 3.8) is 0 Å². The van der Waals surface area contributed by atoms with Gasteiger partial charge >= 0.3 is 0 Å². The first-order valence-electron chi connectivity index (χ1n) is 5.41. The Hall–Kier alpha value is -1.64. The fourth-order valence-corrected chi connectivity index (χ4v) is 2.22. The van der Waals surface area contributed by atoms with E-state index in [1.165, 1.54) is 11.6 Å². The first-order chi connectivity index (χ1) is 8.74. The van der Waals surface area contributed by atoms with Crippen LogP contribution >= 0.6 is 23.2 Å². The van der Waals surface area contributed by atoms with Crippen molar-refractivity contribution in [1.29, 1.82) is 0 Å². The molecule has 0 radical (unpaired) electrons. The minimum atomic E-state index is 0.197. The molecule has 0 bridgehead atoms. The molecule has 3 aromatic rings. The van der Waals surface area contributed by atoms with Crippen molar-refractivity contribution in [2.24, 2.45) is 0 Å². The lowest BCUT2D eigenvalue weighted by molar-refractivity contribution is 1.17. The Labute approximate surface area is 114 Å². The Bertz CT molecular complexity index is 726. The fourth-order valence-electron chi connectivity index (χ4n) is 1.88. The third-order valence-corrected chi connectivity index (χ3v) is 3.20. The molecule has 0 amide bonds. The van der Waals surface area contributed by atoms with Gasteiger partial charge in [0.2, 0.25) is 5.28 Å². The van der Waals surface area contributed by atoms with Gasteiger partial charge in [-0.15, -0.1) is 0 Å². The topological polar surface area (TPSA) is 25.8 Å². The minimum absolute atomic E-state index is 0.197. The second-order valence-corrected chi connectivity index (χ2v) is 4.64. The SMILES string of the molecule is Clc1ncc(Cl)c(-c2ccc3ccccc3c2)n1. The zero-order chi connectivity index (χ0) is 12.5. The van der Waals surface area contributed by atoms with Crippen LogP contribution in [0.1, 0.15) is 0 Å². The van der Waals surface area contributed by atoms with Crippen LogP contribution in [-0.4, -0.2) is 9.97 Å². The van der Waals surface area contributed by atoms with Gasteiger partial charge in [0.05, 0.1) is 16.9 Å². The third kappa shape index (κ3) is 2.05. The van der Waals surface area contributed by atoms with E-state index in [1.807, 2.05) is 30.3 Å². The lowest BCUT2D eigenvalue weighted by Gasteiger charge is -2.05. The summed E-state index contributed by atoms with van der Waals surface area (Å²) < 4.78 is 0. The molecule has 18 heavy (non-hydrogen) atoms. The maximum atomic E-state index is 6.10. The Balaban J connectivity index is 2.22. The van der Waals surface area contributed by atoms with Crippen molar-refractivity contribution in [3.05, 3.63) is 59.0 Å². The Morgan fingerprint density at radius 2 is 1.67 bits per heavy atom. The van der Waals surface area contributed by atoms with Crippen molar-refractivity contribution >= 4 is 34.0 Å². The molecule has 88 valence electrons. The van der Waals surface area contributed by atoms with E-state index in [0.717, 1.165) is 10.9 Å². The third-order valence-electron chi connectivity index (χ3n) is 2.74. The Kier molecular flexibility index (Phi) is 2.90. The molecule has 0 aliphatic rings. The van der Waals surface area contributed by atoms with Gasteiger partial charge in [0.15, 0.2) is 0 Å². The number of hydrogen-bond donors (Lipinski definition) is 0. The van der Waals surface area contributed by atoms with Crippen LogP contribution in [0.4, 0.5) is 0 Å². The van der Waals surface area contributed by atoms with Crippen LogP contribution in [0.5, 0.6) is 0 Å². The molecule has 1 aromatic heterocycles. The van der Waals surface area contributed by atoms with E-state index in [-0.39, 0.29) is 5.28 Å². The molecule has 0 saturated carbocycles. The molecule has 0 unspecified atom stereocenters. The number of nitrogens with zero attached hydrogens (tertiary/aromatic N) is 2. The van der Waals surface area contributed by atoms with E-state index < -0.39 is 0 Å².